The Bertz CT molecular complexity index is 1070. The first-order chi connectivity index (χ1) is 14.0. The van der Waals surface area contributed by atoms with E-state index in [1.54, 1.807) is 12.3 Å². The number of halogens is 2. The Morgan fingerprint density at radius 1 is 1.34 bits per heavy atom. The van der Waals surface area contributed by atoms with Crippen molar-refractivity contribution in [1.82, 2.24) is 25.3 Å². The lowest BCUT2D eigenvalue weighted by molar-refractivity contribution is 0.167. The fraction of sp³-hybridized carbons (Fsp3) is 0.278. The average Bonchev–Trinajstić information content (AvgIpc) is 3.19. The minimum Gasteiger partial charge on any atom is -0.453 e. The first-order valence-corrected chi connectivity index (χ1v) is 9.20. The minimum atomic E-state index is -0.501. The summed E-state index contributed by atoms with van der Waals surface area (Å²) in [6.07, 6.45) is 3.30. The fourth-order valence-corrected chi connectivity index (χ4v) is 3.27. The Hall–Kier alpha value is -3.27. The molecule has 150 valence electrons. The van der Waals surface area contributed by atoms with Gasteiger partial charge in [0.15, 0.2) is 5.82 Å². The summed E-state index contributed by atoms with van der Waals surface area (Å²) in [5.74, 6) is 0.449. The van der Waals surface area contributed by atoms with Gasteiger partial charge in [-0.1, -0.05) is 11.6 Å². The van der Waals surface area contributed by atoms with Crippen molar-refractivity contribution in [2.24, 2.45) is 0 Å². The van der Waals surface area contributed by atoms with E-state index in [2.05, 4.69) is 35.3 Å². The second-order valence-corrected chi connectivity index (χ2v) is 6.85. The number of fused-ring (bicyclic) bond motifs is 1. The highest BCUT2D eigenvalue weighted by molar-refractivity contribution is 6.31. The predicted molar refractivity (Wildman–Crippen MR) is 106 cm³/mol. The Balaban J connectivity index is 1.59. The number of nitrogens with one attached hydrogen (secondary N) is 2. The molecule has 0 bridgehead atoms. The van der Waals surface area contributed by atoms with Crippen molar-refractivity contribution in [3.05, 3.63) is 41.6 Å². The molecular weight excluding hydrogens is 401 g/mol. The maximum absolute atomic E-state index is 13.4. The Kier molecular flexibility index (Phi) is 5.26. The summed E-state index contributed by atoms with van der Waals surface area (Å²) >= 11 is 5.85. The normalized spacial score (nSPS) is 16.1. The van der Waals surface area contributed by atoms with Crippen molar-refractivity contribution >= 4 is 46.2 Å². The van der Waals surface area contributed by atoms with Crippen LogP contribution in [0, 0.1) is 5.82 Å². The van der Waals surface area contributed by atoms with Gasteiger partial charge in [0.05, 0.1) is 24.4 Å². The van der Waals surface area contributed by atoms with Crippen LogP contribution in [0.5, 0.6) is 0 Å². The highest BCUT2D eigenvalue weighted by Gasteiger charge is 2.26. The highest BCUT2D eigenvalue weighted by Crippen LogP contribution is 2.26. The van der Waals surface area contributed by atoms with Crippen molar-refractivity contribution in [3.63, 3.8) is 0 Å². The van der Waals surface area contributed by atoms with Crippen molar-refractivity contribution in [2.45, 2.75) is 12.5 Å². The molecule has 0 aliphatic carbocycles. The lowest BCUT2D eigenvalue weighted by Crippen LogP contribution is -2.37. The number of amides is 1. The van der Waals surface area contributed by atoms with E-state index < -0.39 is 11.9 Å². The molecule has 1 amide bonds. The first kappa shape index (κ1) is 19.1. The summed E-state index contributed by atoms with van der Waals surface area (Å²) in [6, 6.07) is 4.25. The molecule has 1 aliphatic heterocycles. The molecule has 0 spiro atoms. The summed E-state index contributed by atoms with van der Waals surface area (Å²) in [6.45, 7) is 1.24. The number of nitrogens with zero attached hydrogens (tertiary/aromatic N) is 5. The van der Waals surface area contributed by atoms with E-state index in [0.717, 1.165) is 6.42 Å². The average molecular weight is 418 g/mol. The third-order valence-corrected chi connectivity index (χ3v) is 4.82. The lowest BCUT2D eigenvalue weighted by atomic mass is 10.3. The number of alkyl carbamates (subject to hydrolysis) is 1. The van der Waals surface area contributed by atoms with Crippen LogP contribution in [-0.2, 0) is 4.74 Å². The second-order valence-electron chi connectivity index (χ2n) is 6.45. The van der Waals surface area contributed by atoms with E-state index in [9.17, 15) is 9.18 Å². The first-order valence-electron chi connectivity index (χ1n) is 8.83. The van der Waals surface area contributed by atoms with Crippen LogP contribution < -0.4 is 15.5 Å². The minimum absolute atomic E-state index is 0.00453. The summed E-state index contributed by atoms with van der Waals surface area (Å²) in [5, 5.41) is 5.88. The number of rotatable bonds is 4. The van der Waals surface area contributed by atoms with Crippen LogP contribution in [0.1, 0.15) is 6.42 Å². The standard InChI is InChI=1S/C18H17ClFN7O2/c1-29-18(28)25-11-4-5-27(8-11)17-21-7-14-15(26-17)16(23-9-22-14)24-10-2-3-13(20)12(19)6-10/h2-3,6-7,9,11H,4-5,8H2,1H3,(H,25,28)(H,22,23,24). The van der Waals surface area contributed by atoms with E-state index in [0.29, 0.717) is 41.6 Å². The number of benzene rings is 1. The van der Waals surface area contributed by atoms with Gasteiger partial charge in [-0.25, -0.2) is 29.1 Å². The van der Waals surface area contributed by atoms with Gasteiger partial charge in [-0.2, -0.15) is 0 Å². The second kappa shape index (κ2) is 8.00. The zero-order chi connectivity index (χ0) is 20.4. The van der Waals surface area contributed by atoms with Gasteiger partial charge in [-0.05, 0) is 24.6 Å². The van der Waals surface area contributed by atoms with Crippen molar-refractivity contribution < 1.29 is 13.9 Å². The van der Waals surface area contributed by atoms with Crippen LogP contribution in [0.4, 0.5) is 26.6 Å². The summed E-state index contributed by atoms with van der Waals surface area (Å²) in [5.41, 5.74) is 1.64. The Morgan fingerprint density at radius 2 is 2.21 bits per heavy atom. The SMILES string of the molecule is COC(=O)NC1CCN(c2ncc3ncnc(Nc4ccc(F)c(Cl)c4)c3n2)C1. The largest absolute Gasteiger partial charge is 0.453 e. The molecule has 9 nitrogen and oxygen atoms in total. The number of carbonyl (C=O) groups is 1. The maximum atomic E-state index is 13.4. The highest BCUT2D eigenvalue weighted by atomic mass is 35.5. The van der Waals surface area contributed by atoms with Crippen LogP contribution in [0.3, 0.4) is 0 Å². The summed E-state index contributed by atoms with van der Waals surface area (Å²) in [7, 11) is 1.33. The molecule has 2 N–H and O–H groups in total. The quantitative estimate of drug-likeness (QED) is 0.667. The van der Waals surface area contributed by atoms with E-state index in [4.69, 9.17) is 11.6 Å². The van der Waals surface area contributed by atoms with E-state index in [1.807, 2.05) is 4.90 Å². The van der Waals surface area contributed by atoms with Crippen molar-refractivity contribution in [3.8, 4) is 0 Å². The fourth-order valence-electron chi connectivity index (χ4n) is 3.08. The molecule has 1 atom stereocenters. The summed E-state index contributed by atoms with van der Waals surface area (Å²) < 4.78 is 18.0. The molecular formula is C18H17ClFN7O2. The zero-order valence-electron chi connectivity index (χ0n) is 15.4. The molecule has 1 aliphatic rings. The third-order valence-electron chi connectivity index (χ3n) is 4.53. The molecule has 29 heavy (non-hydrogen) atoms. The number of ether oxygens (including phenoxy) is 1. The monoisotopic (exact) mass is 417 g/mol. The van der Waals surface area contributed by atoms with E-state index in [1.165, 1.54) is 25.6 Å². The van der Waals surface area contributed by atoms with Gasteiger partial charge in [0.2, 0.25) is 5.95 Å². The van der Waals surface area contributed by atoms with Gasteiger partial charge in [-0.15, -0.1) is 0 Å². The van der Waals surface area contributed by atoms with Gasteiger partial charge in [0.1, 0.15) is 23.2 Å². The molecule has 4 rings (SSSR count). The third kappa shape index (κ3) is 4.11. The Morgan fingerprint density at radius 3 is 3.00 bits per heavy atom. The molecule has 3 aromatic rings. The van der Waals surface area contributed by atoms with Crippen LogP contribution >= 0.6 is 11.6 Å². The molecule has 1 unspecified atom stereocenters. The Labute approximate surface area is 170 Å². The topological polar surface area (TPSA) is 105 Å². The van der Waals surface area contributed by atoms with E-state index in [-0.39, 0.29) is 11.1 Å². The summed E-state index contributed by atoms with van der Waals surface area (Å²) in [4.78, 5) is 30.8. The van der Waals surface area contributed by atoms with Gasteiger partial charge in [0, 0.05) is 18.8 Å². The van der Waals surface area contributed by atoms with Crippen LogP contribution in [-0.4, -0.2) is 52.3 Å². The molecule has 0 radical (unpaired) electrons. The van der Waals surface area contributed by atoms with Gasteiger partial charge < -0.3 is 20.3 Å². The number of anilines is 3. The zero-order valence-corrected chi connectivity index (χ0v) is 16.1. The molecule has 11 heteroatoms. The smallest absolute Gasteiger partial charge is 0.407 e. The number of hydrogen-bond donors (Lipinski definition) is 2. The predicted octanol–water partition coefficient (Wildman–Crippen LogP) is 2.89. The van der Waals surface area contributed by atoms with Gasteiger partial charge in [0.25, 0.3) is 0 Å². The van der Waals surface area contributed by atoms with E-state index >= 15 is 0 Å². The molecule has 1 aromatic carbocycles. The van der Waals surface area contributed by atoms with Gasteiger partial charge >= 0.3 is 6.09 Å². The van der Waals surface area contributed by atoms with Gasteiger partial charge in [-0.3, -0.25) is 0 Å². The molecule has 2 aromatic heterocycles. The van der Waals surface area contributed by atoms with Crippen LogP contribution in [0.2, 0.25) is 5.02 Å². The van der Waals surface area contributed by atoms with Crippen LogP contribution in [0.25, 0.3) is 11.0 Å². The number of aromatic nitrogens is 4. The molecule has 1 saturated heterocycles. The number of carbonyl (C=O) groups excluding carboxylic acids is 1. The van der Waals surface area contributed by atoms with Crippen LogP contribution in [0.15, 0.2) is 30.7 Å². The van der Waals surface area contributed by atoms with Crippen molar-refractivity contribution in [1.29, 1.82) is 0 Å². The maximum Gasteiger partial charge on any atom is 0.407 e. The number of methoxy groups -OCH3 is 1. The number of hydrogen-bond acceptors (Lipinski definition) is 8. The molecule has 1 fully saturated rings. The molecule has 3 heterocycles. The lowest BCUT2D eigenvalue weighted by Gasteiger charge is -2.17. The van der Waals surface area contributed by atoms with Crippen molar-refractivity contribution in [2.75, 3.05) is 30.4 Å². The molecule has 0 saturated carbocycles.